The molecule has 0 saturated heterocycles. The number of fused-ring (bicyclic) bond motifs is 1. The van der Waals surface area contributed by atoms with Gasteiger partial charge in [0.05, 0.1) is 0 Å². The first-order valence-electron chi connectivity index (χ1n) is 6.92. The van der Waals surface area contributed by atoms with Crippen molar-refractivity contribution in [1.82, 2.24) is 0 Å². The van der Waals surface area contributed by atoms with Crippen molar-refractivity contribution in [3.63, 3.8) is 0 Å². The molecule has 0 heterocycles. The van der Waals surface area contributed by atoms with Crippen LogP contribution >= 0.6 is 0 Å². The summed E-state index contributed by atoms with van der Waals surface area (Å²) in [6.07, 6.45) is 3.07. The first kappa shape index (κ1) is 11.5. The molecule has 15 heavy (non-hydrogen) atoms. The largest absolute Gasteiger partial charge is 0.0625 e. The van der Waals surface area contributed by atoms with E-state index in [2.05, 4.69) is 41.5 Å². The Morgan fingerprint density at radius 2 is 1.40 bits per heavy atom. The molecule has 3 atom stereocenters. The molecule has 3 unspecified atom stereocenters. The lowest BCUT2D eigenvalue weighted by atomic mass is 9.57. The van der Waals surface area contributed by atoms with Crippen molar-refractivity contribution in [2.24, 2.45) is 40.9 Å². The minimum atomic E-state index is 0.666. The zero-order valence-electron chi connectivity index (χ0n) is 11.4. The second-order valence-electron chi connectivity index (χ2n) is 7.00. The van der Waals surface area contributed by atoms with Crippen molar-refractivity contribution >= 4 is 0 Å². The van der Waals surface area contributed by atoms with E-state index in [1.54, 1.807) is 6.42 Å². The summed E-state index contributed by atoms with van der Waals surface area (Å²) in [5.74, 6) is 5.76. The zero-order chi connectivity index (χ0) is 11.4. The Morgan fingerprint density at radius 3 is 1.73 bits per heavy atom. The average molecular weight is 208 g/mol. The molecule has 0 N–H and O–H groups in total. The van der Waals surface area contributed by atoms with Crippen LogP contribution in [-0.2, 0) is 0 Å². The van der Waals surface area contributed by atoms with Gasteiger partial charge in [0.25, 0.3) is 0 Å². The maximum absolute atomic E-state index is 2.47. The zero-order valence-corrected chi connectivity index (χ0v) is 11.4. The average Bonchev–Trinajstić information content (AvgIpc) is 2.77. The highest BCUT2D eigenvalue weighted by molar-refractivity contribution is 5.13. The lowest BCUT2D eigenvalue weighted by molar-refractivity contribution is 0.00583. The molecule has 0 spiro atoms. The maximum atomic E-state index is 2.47. The minimum Gasteiger partial charge on any atom is -0.0625 e. The second-order valence-corrected chi connectivity index (χ2v) is 7.00. The fraction of sp³-hybridized carbons (Fsp3) is 1.00. The van der Waals surface area contributed by atoms with Gasteiger partial charge in [0.2, 0.25) is 0 Å². The molecule has 0 nitrogen and oxygen atoms in total. The van der Waals surface area contributed by atoms with E-state index in [-0.39, 0.29) is 0 Å². The standard InChI is InChI=1S/C15H28/c1-9(2)13-7-12-8-14(12)15(13,10(3)4)11(5)6/h9-14H,7-8H2,1-6H3. The summed E-state index contributed by atoms with van der Waals surface area (Å²) in [6, 6.07) is 0. The highest BCUT2D eigenvalue weighted by atomic mass is 14.7. The molecule has 2 aliphatic carbocycles. The third-order valence-corrected chi connectivity index (χ3v) is 5.57. The lowest BCUT2D eigenvalue weighted by Crippen LogP contribution is -2.42. The summed E-state index contributed by atoms with van der Waals surface area (Å²) in [6.45, 7) is 14.8. The van der Waals surface area contributed by atoms with Gasteiger partial charge in [0.15, 0.2) is 0 Å². The van der Waals surface area contributed by atoms with Gasteiger partial charge >= 0.3 is 0 Å². The van der Waals surface area contributed by atoms with Gasteiger partial charge in [-0.05, 0) is 53.8 Å². The first-order chi connectivity index (χ1) is 6.92. The summed E-state index contributed by atoms with van der Waals surface area (Å²) < 4.78 is 0. The Labute approximate surface area is 95.8 Å². The van der Waals surface area contributed by atoms with E-state index in [9.17, 15) is 0 Å². The number of rotatable bonds is 3. The van der Waals surface area contributed by atoms with Crippen LogP contribution < -0.4 is 0 Å². The van der Waals surface area contributed by atoms with Crippen LogP contribution in [0.5, 0.6) is 0 Å². The van der Waals surface area contributed by atoms with Gasteiger partial charge in [0, 0.05) is 0 Å². The van der Waals surface area contributed by atoms with Crippen molar-refractivity contribution in [3.05, 3.63) is 0 Å². The molecule has 0 aromatic carbocycles. The highest BCUT2D eigenvalue weighted by Gasteiger charge is 2.65. The summed E-state index contributed by atoms with van der Waals surface area (Å²) in [7, 11) is 0. The van der Waals surface area contributed by atoms with Gasteiger partial charge in [-0.25, -0.2) is 0 Å². The summed E-state index contributed by atoms with van der Waals surface area (Å²) in [4.78, 5) is 0. The van der Waals surface area contributed by atoms with Crippen LogP contribution in [0.25, 0.3) is 0 Å². The lowest BCUT2D eigenvalue weighted by Gasteiger charge is -2.47. The quantitative estimate of drug-likeness (QED) is 0.636. The molecular weight excluding hydrogens is 180 g/mol. The fourth-order valence-electron chi connectivity index (χ4n) is 5.15. The van der Waals surface area contributed by atoms with E-state index >= 15 is 0 Å². The topological polar surface area (TPSA) is 0 Å². The SMILES string of the molecule is CC(C)C1CC2CC2C1(C(C)C)C(C)C. The molecule has 0 aromatic rings. The van der Waals surface area contributed by atoms with Crippen LogP contribution in [0.2, 0.25) is 0 Å². The molecule has 0 heteroatoms. The summed E-state index contributed by atoms with van der Waals surface area (Å²) in [5.41, 5.74) is 0.666. The van der Waals surface area contributed by atoms with Crippen LogP contribution in [0.15, 0.2) is 0 Å². The molecule has 0 bridgehead atoms. The molecular formula is C15H28. The van der Waals surface area contributed by atoms with Crippen molar-refractivity contribution in [1.29, 1.82) is 0 Å². The van der Waals surface area contributed by atoms with E-state index < -0.39 is 0 Å². The molecule has 2 aliphatic rings. The molecule has 0 aromatic heterocycles. The Morgan fingerprint density at radius 1 is 0.867 bits per heavy atom. The fourth-order valence-corrected chi connectivity index (χ4v) is 5.15. The predicted molar refractivity (Wildman–Crippen MR) is 66.7 cm³/mol. The van der Waals surface area contributed by atoms with Gasteiger partial charge in [-0.3, -0.25) is 0 Å². The van der Waals surface area contributed by atoms with Gasteiger partial charge in [-0.1, -0.05) is 41.5 Å². The number of hydrogen-bond donors (Lipinski definition) is 0. The van der Waals surface area contributed by atoms with E-state index in [1.165, 1.54) is 6.42 Å². The van der Waals surface area contributed by atoms with E-state index in [1.807, 2.05) is 0 Å². The number of hydrogen-bond acceptors (Lipinski definition) is 0. The van der Waals surface area contributed by atoms with Gasteiger partial charge in [-0.15, -0.1) is 0 Å². The van der Waals surface area contributed by atoms with Crippen molar-refractivity contribution in [2.75, 3.05) is 0 Å². The molecule has 0 aliphatic heterocycles. The third kappa shape index (κ3) is 1.40. The predicted octanol–water partition coefficient (Wildman–Crippen LogP) is 4.60. The van der Waals surface area contributed by atoms with Crippen LogP contribution in [0.3, 0.4) is 0 Å². The molecule has 2 rings (SSSR count). The van der Waals surface area contributed by atoms with Crippen LogP contribution in [0, 0.1) is 40.9 Å². The van der Waals surface area contributed by atoms with E-state index in [4.69, 9.17) is 0 Å². The minimum absolute atomic E-state index is 0.666. The van der Waals surface area contributed by atoms with Gasteiger partial charge in [-0.2, -0.15) is 0 Å². The van der Waals surface area contributed by atoms with Crippen molar-refractivity contribution in [3.8, 4) is 0 Å². The van der Waals surface area contributed by atoms with Crippen molar-refractivity contribution < 1.29 is 0 Å². The van der Waals surface area contributed by atoms with Gasteiger partial charge < -0.3 is 0 Å². The second kappa shape index (κ2) is 3.50. The Kier molecular flexibility index (Phi) is 2.68. The van der Waals surface area contributed by atoms with Crippen LogP contribution in [0.1, 0.15) is 54.4 Å². The Hall–Kier alpha value is 0. The van der Waals surface area contributed by atoms with Crippen molar-refractivity contribution in [2.45, 2.75) is 54.4 Å². The Bertz CT molecular complexity index is 228. The van der Waals surface area contributed by atoms with Crippen LogP contribution in [0.4, 0.5) is 0 Å². The molecule has 0 radical (unpaired) electrons. The highest BCUT2D eigenvalue weighted by Crippen LogP contribution is 2.71. The summed E-state index contributed by atoms with van der Waals surface area (Å²) in [5, 5.41) is 0. The smallest absolute Gasteiger partial charge is 0.0190 e. The maximum Gasteiger partial charge on any atom is -0.0190 e. The van der Waals surface area contributed by atoms with E-state index in [0.717, 1.165) is 35.5 Å². The normalized spacial score (nSPS) is 37.8. The monoisotopic (exact) mass is 208 g/mol. The summed E-state index contributed by atoms with van der Waals surface area (Å²) >= 11 is 0. The van der Waals surface area contributed by atoms with Gasteiger partial charge in [0.1, 0.15) is 0 Å². The molecule has 0 amide bonds. The third-order valence-electron chi connectivity index (χ3n) is 5.57. The molecule has 2 fully saturated rings. The molecule has 2 saturated carbocycles. The van der Waals surface area contributed by atoms with E-state index in [0.29, 0.717) is 5.41 Å². The Balaban J connectivity index is 2.34. The molecule has 88 valence electrons. The van der Waals surface area contributed by atoms with Crippen LogP contribution in [-0.4, -0.2) is 0 Å². The first-order valence-corrected chi connectivity index (χ1v) is 6.92.